The molecule has 4 N–H and O–H groups in total. The number of hydroxylamine groups is 1. The van der Waals surface area contributed by atoms with Crippen LogP contribution in [-0.2, 0) is 4.79 Å². The Labute approximate surface area is 102 Å². The lowest BCUT2D eigenvalue weighted by Crippen LogP contribution is -2.38. The topological polar surface area (TPSA) is 108 Å². The molecule has 3 amide bonds. The minimum Gasteiger partial charge on any atom is -0.340 e. The van der Waals surface area contributed by atoms with Gasteiger partial charge in [-0.15, -0.1) is 0 Å². The van der Waals surface area contributed by atoms with Gasteiger partial charge in [0, 0.05) is 5.56 Å². The fourth-order valence-corrected chi connectivity index (χ4v) is 1.63. The molecule has 0 spiro atoms. The summed E-state index contributed by atoms with van der Waals surface area (Å²) in [6.45, 7) is 1.56. The van der Waals surface area contributed by atoms with E-state index in [0.29, 0.717) is 0 Å². The molecular formula is C11H11N3O4. The van der Waals surface area contributed by atoms with Crippen LogP contribution in [0.3, 0.4) is 0 Å². The molecule has 1 aromatic carbocycles. The Morgan fingerprint density at radius 1 is 1.39 bits per heavy atom. The predicted molar refractivity (Wildman–Crippen MR) is 61.3 cm³/mol. The summed E-state index contributed by atoms with van der Waals surface area (Å²) in [5.74, 6) is -1.49. The Kier molecular flexibility index (Phi) is 2.99. The monoisotopic (exact) mass is 249 g/mol. The molecule has 94 valence electrons. The maximum absolute atomic E-state index is 11.8. The van der Waals surface area contributed by atoms with Crippen LogP contribution in [0, 0.1) is 0 Å². The van der Waals surface area contributed by atoms with E-state index < -0.39 is 17.9 Å². The molecule has 1 heterocycles. The Morgan fingerprint density at radius 3 is 2.78 bits per heavy atom. The van der Waals surface area contributed by atoms with Crippen molar-refractivity contribution in [2.24, 2.45) is 0 Å². The smallest absolute Gasteiger partial charge is 0.274 e. The molecule has 1 aliphatic heterocycles. The van der Waals surface area contributed by atoms with Crippen molar-refractivity contribution in [1.82, 2.24) is 10.8 Å². The van der Waals surface area contributed by atoms with E-state index in [0.717, 1.165) is 0 Å². The lowest BCUT2D eigenvalue weighted by atomic mass is 10.1. The van der Waals surface area contributed by atoms with Crippen molar-refractivity contribution in [3.8, 4) is 0 Å². The fourth-order valence-electron chi connectivity index (χ4n) is 1.63. The molecule has 0 saturated heterocycles. The van der Waals surface area contributed by atoms with E-state index in [1.165, 1.54) is 23.7 Å². The molecule has 7 heteroatoms. The Bertz CT molecular complexity index is 541. The van der Waals surface area contributed by atoms with Crippen LogP contribution in [0.5, 0.6) is 0 Å². The molecule has 1 aromatic rings. The summed E-state index contributed by atoms with van der Waals surface area (Å²) in [5.41, 5.74) is 2.13. The number of nitrogens with one attached hydrogen (secondary N) is 3. The van der Waals surface area contributed by atoms with Crippen LogP contribution < -0.4 is 16.1 Å². The third-order valence-electron chi connectivity index (χ3n) is 2.63. The van der Waals surface area contributed by atoms with Gasteiger partial charge < -0.3 is 10.6 Å². The van der Waals surface area contributed by atoms with Crippen LogP contribution in [0.1, 0.15) is 27.6 Å². The van der Waals surface area contributed by atoms with Crippen molar-refractivity contribution in [2.45, 2.75) is 13.0 Å². The van der Waals surface area contributed by atoms with E-state index in [2.05, 4.69) is 10.6 Å². The van der Waals surface area contributed by atoms with E-state index >= 15 is 0 Å². The fraction of sp³-hybridized carbons (Fsp3) is 0.182. The number of amides is 3. The van der Waals surface area contributed by atoms with Crippen molar-refractivity contribution in [3.05, 3.63) is 29.3 Å². The lowest BCUT2D eigenvalue weighted by Gasteiger charge is -2.07. The summed E-state index contributed by atoms with van der Waals surface area (Å²) in [5, 5.41) is 13.6. The third-order valence-corrected chi connectivity index (χ3v) is 2.63. The van der Waals surface area contributed by atoms with Crippen LogP contribution in [0.25, 0.3) is 0 Å². The van der Waals surface area contributed by atoms with Crippen LogP contribution in [0.4, 0.5) is 5.69 Å². The summed E-state index contributed by atoms with van der Waals surface area (Å²) in [6, 6.07) is 3.47. The number of hydrogen-bond donors (Lipinski definition) is 4. The van der Waals surface area contributed by atoms with E-state index in [1.54, 1.807) is 6.92 Å². The van der Waals surface area contributed by atoms with Gasteiger partial charge in [0.2, 0.25) is 5.91 Å². The van der Waals surface area contributed by atoms with Crippen molar-refractivity contribution in [1.29, 1.82) is 0 Å². The minimum absolute atomic E-state index is 0.138. The molecule has 0 aliphatic carbocycles. The lowest BCUT2D eigenvalue weighted by molar-refractivity contribution is -0.117. The molecule has 0 fully saturated rings. The highest BCUT2D eigenvalue weighted by Crippen LogP contribution is 2.20. The maximum Gasteiger partial charge on any atom is 0.274 e. The molecule has 0 saturated carbocycles. The molecule has 18 heavy (non-hydrogen) atoms. The summed E-state index contributed by atoms with van der Waals surface area (Å²) in [6.07, 6.45) is 0. The second kappa shape index (κ2) is 4.46. The van der Waals surface area contributed by atoms with Gasteiger partial charge in [0.1, 0.15) is 6.04 Å². The molecule has 0 radical (unpaired) electrons. The predicted octanol–water partition coefficient (Wildman–Crippen LogP) is -0.124. The standard InChI is InChI=1S/C11H11N3O4/c1-5-9(15)13-8-4-6(10(16)14-18)2-3-7(8)11(17)12-5/h2-5,18H,1H3,(H,12,17)(H,13,15)(H,14,16). The zero-order valence-electron chi connectivity index (χ0n) is 9.48. The normalized spacial score (nSPS) is 18.2. The van der Waals surface area contributed by atoms with Gasteiger partial charge in [-0.2, -0.15) is 0 Å². The Balaban J connectivity index is 2.46. The Morgan fingerprint density at radius 2 is 2.11 bits per heavy atom. The first-order valence-electron chi connectivity index (χ1n) is 5.23. The second-order valence-corrected chi connectivity index (χ2v) is 3.89. The van der Waals surface area contributed by atoms with Gasteiger partial charge in [-0.05, 0) is 25.1 Å². The largest absolute Gasteiger partial charge is 0.340 e. The first kappa shape index (κ1) is 12.1. The molecule has 0 bridgehead atoms. The summed E-state index contributed by atoms with van der Waals surface area (Å²) in [7, 11) is 0. The average molecular weight is 249 g/mol. The van der Waals surface area contributed by atoms with E-state index in [9.17, 15) is 14.4 Å². The van der Waals surface area contributed by atoms with Gasteiger partial charge in [-0.3, -0.25) is 19.6 Å². The number of carbonyl (C=O) groups is 3. The summed E-state index contributed by atoms with van der Waals surface area (Å²) >= 11 is 0. The van der Waals surface area contributed by atoms with E-state index in [-0.39, 0.29) is 22.7 Å². The van der Waals surface area contributed by atoms with E-state index in [4.69, 9.17) is 5.21 Å². The molecule has 1 aliphatic rings. The average Bonchev–Trinajstić information content (AvgIpc) is 2.46. The van der Waals surface area contributed by atoms with Gasteiger partial charge in [-0.1, -0.05) is 0 Å². The van der Waals surface area contributed by atoms with Crippen molar-refractivity contribution in [3.63, 3.8) is 0 Å². The highest BCUT2D eigenvalue weighted by atomic mass is 16.5. The van der Waals surface area contributed by atoms with Gasteiger partial charge in [0.25, 0.3) is 11.8 Å². The molecule has 0 aromatic heterocycles. The number of carbonyl (C=O) groups excluding carboxylic acids is 3. The highest BCUT2D eigenvalue weighted by molar-refractivity contribution is 6.10. The Hall–Kier alpha value is -2.41. The second-order valence-electron chi connectivity index (χ2n) is 3.89. The van der Waals surface area contributed by atoms with Gasteiger partial charge in [0.05, 0.1) is 11.3 Å². The summed E-state index contributed by atoms with van der Waals surface area (Å²) < 4.78 is 0. The summed E-state index contributed by atoms with van der Waals surface area (Å²) in [4.78, 5) is 34.6. The number of benzene rings is 1. The first-order valence-corrected chi connectivity index (χ1v) is 5.23. The van der Waals surface area contributed by atoms with Gasteiger partial charge in [-0.25, -0.2) is 5.48 Å². The van der Waals surface area contributed by atoms with Crippen molar-refractivity contribution in [2.75, 3.05) is 5.32 Å². The number of anilines is 1. The number of rotatable bonds is 1. The molecular weight excluding hydrogens is 238 g/mol. The number of fused-ring (bicyclic) bond motifs is 1. The molecule has 7 nitrogen and oxygen atoms in total. The zero-order valence-corrected chi connectivity index (χ0v) is 9.48. The van der Waals surface area contributed by atoms with Crippen LogP contribution in [-0.4, -0.2) is 29.0 Å². The number of hydrogen-bond acceptors (Lipinski definition) is 4. The first-order chi connectivity index (χ1) is 8.52. The van der Waals surface area contributed by atoms with Crippen molar-refractivity contribution < 1.29 is 19.6 Å². The zero-order chi connectivity index (χ0) is 13.3. The molecule has 2 rings (SSSR count). The SMILES string of the molecule is CC1NC(=O)c2ccc(C(=O)NO)cc2NC1=O. The molecule has 1 atom stereocenters. The van der Waals surface area contributed by atoms with Crippen LogP contribution >= 0.6 is 0 Å². The van der Waals surface area contributed by atoms with Gasteiger partial charge >= 0.3 is 0 Å². The van der Waals surface area contributed by atoms with Crippen LogP contribution in [0.2, 0.25) is 0 Å². The van der Waals surface area contributed by atoms with Gasteiger partial charge in [0.15, 0.2) is 0 Å². The minimum atomic E-state index is -0.718. The highest BCUT2D eigenvalue weighted by Gasteiger charge is 2.25. The third kappa shape index (κ3) is 2.03. The van der Waals surface area contributed by atoms with Crippen molar-refractivity contribution >= 4 is 23.4 Å². The molecule has 1 unspecified atom stereocenters. The quantitative estimate of drug-likeness (QED) is 0.411. The van der Waals surface area contributed by atoms with E-state index in [1.807, 2.05) is 0 Å². The maximum atomic E-state index is 11.8. The van der Waals surface area contributed by atoms with Crippen LogP contribution in [0.15, 0.2) is 18.2 Å².